The zero-order chi connectivity index (χ0) is 57.9. The van der Waals surface area contributed by atoms with Crippen molar-refractivity contribution in [2.24, 2.45) is 10.8 Å². The van der Waals surface area contributed by atoms with Gasteiger partial charge in [-0.25, -0.2) is 8.78 Å². The van der Waals surface area contributed by atoms with E-state index in [1.807, 2.05) is 79.7 Å². The van der Waals surface area contributed by atoms with Crippen molar-refractivity contribution in [3.05, 3.63) is 176 Å². The highest BCUT2D eigenvalue weighted by molar-refractivity contribution is 5.75. The van der Waals surface area contributed by atoms with Gasteiger partial charge in [-0.2, -0.15) is 0 Å². The Kier molecular flexibility index (Phi) is 21.3. The third-order valence-corrected chi connectivity index (χ3v) is 16.1. The number of methoxy groups -OCH3 is 2. The summed E-state index contributed by atoms with van der Waals surface area (Å²) in [6.07, 6.45) is 2.39. The average Bonchev–Trinajstić information content (AvgIpc) is 3.39. The Morgan fingerprint density at radius 1 is 0.462 bits per heavy atom. The van der Waals surface area contributed by atoms with Gasteiger partial charge in [0.25, 0.3) is 0 Å². The van der Waals surface area contributed by atoms with E-state index in [0.717, 1.165) is 81.7 Å². The van der Waals surface area contributed by atoms with Crippen LogP contribution in [0.25, 0.3) is 22.3 Å². The fraction of sp³-hybridized carbons (Fsp3) is 0.441. The average molecular weight is 1070 g/mol. The standard InChI is InChI=1S/2C34H43FO4/c2*1-9-34(10-2,27-14-16-30(23(4)18-27)39-21-31(36)33(5,6)7)26-13-15-28(22(3)17-26)24-11-12-25(29(35)19-24)20-32(37)38-8/h2*11-19,31,36H,9-10,20-21H2,1-8H3. The maximum absolute atomic E-state index is 14.8. The van der Waals surface area contributed by atoms with E-state index in [1.165, 1.54) is 48.6 Å². The van der Waals surface area contributed by atoms with Crippen LogP contribution in [0.15, 0.2) is 109 Å². The molecular formula is C68H86F2O8. The Balaban J connectivity index is 0.000000287. The molecule has 6 rings (SSSR count). The van der Waals surface area contributed by atoms with Crippen molar-refractivity contribution in [1.82, 2.24) is 0 Å². The van der Waals surface area contributed by atoms with Crippen LogP contribution in [0.1, 0.15) is 151 Å². The minimum absolute atomic E-state index is 0.0868. The normalized spacial score (nSPS) is 12.8. The lowest BCUT2D eigenvalue weighted by atomic mass is 9.69. The molecule has 0 aromatic heterocycles. The molecule has 0 aliphatic heterocycles. The van der Waals surface area contributed by atoms with E-state index in [4.69, 9.17) is 9.47 Å². The van der Waals surface area contributed by atoms with Crippen LogP contribution < -0.4 is 9.47 Å². The van der Waals surface area contributed by atoms with Crippen LogP contribution >= 0.6 is 0 Å². The molecule has 0 saturated heterocycles. The monoisotopic (exact) mass is 1070 g/mol. The number of aliphatic hydroxyl groups excluding tert-OH is 2. The lowest BCUT2D eigenvalue weighted by Gasteiger charge is -2.34. The summed E-state index contributed by atoms with van der Waals surface area (Å²) in [6.45, 7) is 29.5. The number of esters is 2. The van der Waals surface area contributed by atoms with Crippen LogP contribution in [0.4, 0.5) is 8.78 Å². The first-order valence-electron chi connectivity index (χ1n) is 27.5. The Morgan fingerprint density at radius 3 is 1.03 bits per heavy atom. The molecule has 2 N–H and O–H groups in total. The molecule has 6 aromatic rings. The third-order valence-electron chi connectivity index (χ3n) is 16.1. The number of carbonyl (C=O) groups is 2. The highest BCUT2D eigenvalue weighted by atomic mass is 19.1. The number of hydrogen-bond donors (Lipinski definition) is 2. The molecule has 420 valence electrons. The number of rotatable bonds is 20. The molecule has 0 saturated carbocycles. The minimum atomic E-state index is -0.555. The van der Waals surface area contributed by atoms with E-state index in [1.54, 1.807) is 12.1 Å². The summed E-state index contributed by atoms with van der Waals surface area (Å²) < 4.78 is 50.8. The van der Waals surface area contributed by atoms with Crippen molar-refractivity contribution in [3.63, 3.8) is 0 Å². The maximum atomic E-state index is 14.8. The smallest absolute Gasteiger partial charge is 0.310 e. The Morgan fingerprint density at radius 2 is 0.769 bits per heavy atom. The molecule has 8 nitrogen and oxygen atoms in total. The lowest BCUT2D eigenvalue weighted by molar-refractivity contribution is -0.140. The van der Waals surface area contributed by atoms with Gasteiger partial charge in [-0.3, -0.25) is 9.59 Å². The minimum Gasteiger partial charge on any atom is -0.491 e. The Labute approximate surface area is 464 Å². The number of carbonyl (C=O) groups excluding carboxylic acids is 2. The molecule has 10 heteroatoms. The number of halogens is 2. The van der Waals surface area contributed by atoms with Crippen LogP contribution in [0.2, 0.25) is 0 Å². The molecule has 78 heavy (non-hydrogen) atoms. The van der Waals surface area contributed by atoms with Crippen molar-refractivity contribution in [3.8, 4) is 33.8 Å². The van der Waals surface area contributed by atoms with E-state index in [9.17, 15) is 28.6 Å². The summed E-state index contributed by atoms with van der Waals surface area (Å²) in [4.78, 5) is 23.2. The van der Waals surface area contributed by atoms with Crippen molar-refractivity contribution in [2.75, 3.05) is 27.4 Å². The first-order valence-corrected chi connectivity index (χ1v) is 27.5. The van der Waals surface area contributed by atoms with Gasteiger partial charge in [0.1, 0.15) is 36.3 Å². The van der Waals surface area contributed by atoms with E-state index in [2.05, 4.69) is 112 Å². The number of hydrogen-bond acceptors (Lipinski definition) is 8. The largest absolute Gasteiger partial charge is 0.491 e. The summed E-state index contributed by atoms with van der Waals surface area (Å²) in [5, 5.41) is 20.8. The summed E-state index contributed by atoms with van der Waals surface area (Å²) in [5.41, 5.74) is 12.3. The highest BCUT2D eigenvalue weighted by Gasteiger charge is 2.34. The predicted molar refractivity (Wildman–Crippen MR) is 312 cm³/mol. The highest BCUT2D eigenvalue weighted by Crippen LogP contribution is 2.44. The molecule has 0 amide bonds. The Hall–Kier alpha value is -6.36. The quantitative estimate of drug-likeness (QED) is 0.0727. The maximum Gasteiger partial charge on any atom is 0.310 e. The molecule has 0 heterocycles. The summed E-state index contributed by atoms with van der Waals surface area (Å²) >= 11 is 0. The zero-order valence-electron chi connectivity index (χ0n) is 49.3. The molecule has 0 spiro atoms. The van der Waals surface area contributed by atoms with Gasteiger partial charge in [-0.1, -0.05) is 154 Å². The van der Waals surface area contributed by atoms with Gasteiger partial charge in [0.05, 0.1) is 39.3 Å². The fourth-order valence-electron chi connectivity index (χ4n) is 10.3. The zero-order valence-corrected chi connectivity index (χ0v) is 49.3. The second kappa shape index (κ2) is 26.5. The Bertz CT molecular complexity index is 2800. The summed E-state index contributed by atoms with van der Waals surface area (Å²) in [7, 11) is 2.60. The SMILES string of the molecule is CCC(CC)(c1ccc(OCC(O)C(C)(C)C)c(C)c1)c1ccc(-c2ccc(CC(=O)OC)c(F)c2)c(C)c1.CCC(CC)(c1ccc(OCC(O)C(C)(C)C)c(C)c1)c1ccc(-c2ccc(CC(=O)OC)c(F)c2)c(C)c1. The van der Waals surface area contributed by atoms with Gasteiger partial charge in [-0.15, -0.1) is 0 Å². The van der Waals surface area contributed by atoms with E-state index in [-0.39, 0.29) is 47.7 Å². The van der Waals surface area contributed by atoms with Crippen molar-refractivity contribution >= 4 is 11.9 Å². The molecule has 6 aromatic carbocycles. The molecular weight excluding hydrogens is 983 g/mol. The number of aliphatic hydroxyl groups is 2. The number of ether oxygens (including phenoxy) is 4. The van der Waals surface area contributed by atoms with Gasteiger partial charge in [0, 0.05) is 10.8 Å². The van der Waals surface area contributed by atoms with Crippen LogP contribution in [0.5, 0.6) is 11.5 Å². The summed E-state index contributed by atoms with van der Waals surface area (Å²) in [6, 6.07) is 35.6. The molecule has 2 atom stereocenters. The van der Waals surface area contributed by atoms with Gasteiger partial charge in [0.15, 0.2) is 0 Å². The third kappa shape index (κ3) is 14.7. The van der Waals surface area contributed by atoms with Gasteiger partial charge >= 0.3 is 11.9 Å². The first kappa shape index (κ1) is 62.5. The van der Waals surface area contributed by atoms with E-state index in [0.29, 0.717) is 11.1 Å². The topological polar surface area (TPSA) is 112 Å². The predicted octanol–water partition coefficient (Wildman–Crippen LogP) is 15.4. The summed E-state index contributed by atoms with van der Waals surface area (Å²) in [5.74, 6) is -0.180. The number of benzene rings is 6. The van der Waals surface area contributed by atoms with Crippen molar-refractivity contribution < 1.29 is 47.5 Å². The second-order valence-electron chi connectivity index (χ2n) is 23.1. The number of aryl methyl sites for hydroxylation is 4. The molecule has 0 fully saturated rings. The molecule has 2 unspecified atom stereocenters. The van der Waals surface area contributed by atoms with Crippen LogP contribution in [0.3, 0.4) is 0 Å². The van der Waals surface area contributed by atoms with Crippen LogP contribution in [-0.2, 0) is 42.7 Å². The molecule has 0 radical (unpaired) electrons. The van der Waals surface area contributed by atoms with Crippen molar-refractivity contribution in [1.29, 1.82) is 0 Å². The molecule has 0 bridgehead atoms. The van der Waals surface area contributed by atoms with E-state index < -0.39 is 35.8 Å². The van der Waals surface area contributed by atoms with Gasteiger partial charge in [-0.05, 0) is 166 Å². The lowest BCUT2D eigenvalue weighted by Crippen LogP contribution is -2.32. The fourth-order valence-corrected chi connectivity index (χ4v) is 10.3. The van der Waals surface area contributed by atoms with Crippen molar-refractivity contribution in [2.45, 2.75) is 158 Å². The van der Waals surface area contributed by atoms with Crippen LogP contribution in [-0.4, -0.2) is 61.8 Å². The van der Waals surface area contributed by atoms with Crippen LogP contribution in [0, 0.1) is 50.2 Å². The van der Waals surface area contributed by atoms with Gasteiger partial charge < -0.3 is 29.2 Å². The first-order chi connectivity index (χ1) is 36.7. The molecule has 0 aliphatic rings. The van der Waals surface area contributed by atoms with Gasteiger partial charge in [0.2, 0.25) is 0 Å². The second-order valence-corrected chi connectivity index (χ2v) is 23.1. The van der Waals surface area contributed by atoms with E-state index >= 15 is 0 Å². The molecule has 0 aliphatic carbocycles.